The molecular weight excluding hydrogens is 435 g/mol. The number of pyridine rings is 1. The minimum absolute atomic E-state index is 0.134. The van der Waals surface area contributed by atoms with Gasteiger partial charge in [0.05, 0.1) is 16.4 Å². The Hall–Kier alpha value is -2.66. The standard InChI is InChI=1S/C20H20F3N3O4S/c21-20(22,23)15-4-5-18(24-12-15)25-6-8-26(9-7-25)31(29,30)17-3-1-2-13-10-14(19(27)28)11-16(13)17/h1-5,12,14H,6-11H2,(H,27,28)/t14-/m0/s1. The number of benzene rings is 1. The van der Waals surface area contributed by atoms with Crippen LogP contribution in [0.1, 0.15) is 16.7 Å². The predicted molar refractivity (Wildman–Crippen MR) is 105 cm³/mol. The van der Waals surface area contributed by atoms with Gasteiger partial charge >= 0.3 is 12.1 Å². The summed E-state index contributed by atoms with van der Waals surface area (Å²) in [5.74, 6) is -1.22. The molecule has 11 heteroatoms. The van der Waals surface area contributed by atoms with Crippen LogP contribution in [0.5, 0.6) is 0 Å². The van der Waals surface area contributed by atoms with E-state index >= 15 is 0 Å². The molecule has 0 radical (unpaired) electrons. The zero-order valence-electron chi connectivity index (χ0n) is 16.3. The molecule has 1 fully saturated rings. The molecule has 0 spiro atoms. The Labute approximate surface area is 177 Å². The Morgan fingerprint density at radius 2 is 1.77 bits per heavy atom. The van der Waals surface area contributed by atoms with Crippen LogP contribution < -0.4 is 4.90 Å². The molecule has 1 N–H and O–H groups in total. The summed E-state index contributed by atoms with van der Waals surface area (Å²) in [6.07, 6.45) is -3.21. The summed E-state index contributed by atoms with van der Waals surface area (Å²) in [6.45, 7) is 0.864. The Bertz CT molecular complexity index is 1100. The number of halogens is 3. The molecule has 0 unspecified atom stereocenters. The highest BCUT2D eigenvalue weighted by Crippen LogP contribution is 2.34. The third-order valence-corrected chi connectivity index (χ3v) is 7.74. The fraction of sp³-hybridized carbons (Fsp3) is 0.400. The van der Waals surface area contributed by atoms with Crippen molar-refractivity contribution in [3.63, 3.8) is 0 Å². The van der Waals surface area contributed by atoms with Gasteiger partial charge in [-0.1, -0.05) is 12.1 Å². The van der Waals surface area contributed by atoms with Crippen molar-refractivity contribution >= 4 is 21.8 Å². The number of carboxylic acids is 1. The number of fused-ring (bicyclic) bond motifs is 1. The second-order valence-electron chi connectivity index (χ2n) is 7.63. The van der Waals surface area contributed by atoms with Crippen LogP contribution >= 0.6 is 0 Å². The van der Waals surface area contributed by atoms with Gasteiger partial charge in [0.25, 0.3) is 0 Å². The summed E-state index contributed by atoms with van der Waals surface area (Å²) in [4.78, 5) is 17.1. The second kappa shape index (κ2) is 7.79. The van der Waals surface area contributed by atoms with Crippen LogP contribution in [0.25, 0.3) is 0 Å². The van der Waals surface area contributed by atoms with E-state index in [0.717, 1.165) is 17.8 Å². The minimum Gasteiger partial charge on any atom is -0.481 e. The van der Waals surface area contributed by atoms with Crippen molar-refractivity contribution in [1.82, 2.24) is 9.29 Å². The number of aromatic nitrogens is 1. The van der Waals surface area contributed by atoms with Crippen molar-refractivity contribution in [3.8, 4) is 0 Å². The van der Waals surface area contributed by atoms with E-state index in [9.17, 15) is 31.5 Å². The summed E-state index contributed by atoms with van der Waals surface area (Å²) < 4.78 is 65.9. The third kappa shape index (κ3) is 4.11. The second-order valence-corrected chi connectivity index (χ2v) is 9.54. The fourth-order valence-corrected chi connectivity index (χ4v) is 5.77. The van der Waals surface area contributed by atoms with E-state index in [1.54, 1.807) is 17.0 Å². The van der Waals surface area contributed by atoms with Crippen LogP contribution in [0.2, 0.25) is 0 Å². The van der Waals surface area contributed by atoms with Crippen LogP contribution in [0.15, 0.2) is 41.4 Å². The first-order valence-electron chi connectivity index (χ1n) is 9.69. The number of anilines is 1. The quantitative estimate of drug-likeness (QED) is 0.762. The molecule has 4 rings (SSSR count). The monoisotopic (exact) mass is 455 g/mol. The van der Waals surface area contributed by atoms with Crippen molar-refractivity contribution < 1.29 is 31.5 Å². The maximum atomic E-state index is 13.2. The van der Waals surface area contributed by atoms with E-state index < -0.39 is 33.7 Å². The van der Waals surface area contributed by atoms with Gasteiger partial charge in [-0.15, -0.1) is 0 Å². The Kier molecular flexibility index (Phi) is 5.42. The number of piperazine rings is 1. The zero-order valence-corrected chi connectivity index (χ0v) is 17.2. The summed E-state index contributed by atoms with van der Waals surface area (Å²) >= 11 is 0. The summed E-state index contributed by atoms with van der Waals surface area (Å²) in [6, 6.07) is 7.12. The number of rotatable bonds is 4. The highest BCUT2D eigenvalue weighted by molar-refractivity contribution is 7.89. The van der Waals surface area contributed by atoms with Gasteiger partial charge in [-0.3, -0.25) is 4.79 Å². The lowest BCUT2D eigenvalue weighted by Crippen LogP contribution is -2.49. The Balaban J connectivity index is 1.48. The number of aliphatic carboxylic acids is 1. The average molecular weight is 455 g/mol. The molecule has 31 heavy (non-hydrogen) atoms. The summed E-state index contributed by atoms with van der Waals surface area (Å²) in [5.41, 5.74) is 0.456. The van der Waals surface area contributed by atoms with Crippen LogP contribution in [-0.4, -0.2) is 55.0 Å². The molecule has 2 aliphatic rings. The molecule has 1 saturated heterocycles. The molecule has 0 amide bonds. The molecule has 0 saturated carbocycles. The molecule has 0 bridgehead atoms. The van der Waals surface area contributed by atoms with Gasteiger partial charge in [0, 0.05) is 32.4 Å². The van der Waals surface area contributed by atoms with E-state index in [4.69, 9.17) is 0 Å². The fourth-order valence-electron chi connectivity index (χ4n) is 4.07. The van der Waals surface area contributed by atoms with Crippen molar-refractivity contribution in [2.75, 3.05) is 31.1 Å². The normalized spacial score (nSPS) is 20.0. The number of nitrogens with zero attached hydrogens (tertiary/aromatic N) is 3. The Morgan fingerprint density at radius 3 is 2.35 bits per heavy atom. The number of hydrogen-bond acceptors (Lipinski definition) is 5. The molecule has 166 valence electrons. The lowest BCUT2D eigenvalue weighted by Gasteiger charge is -2.35. The van der Waals surface area contributed by atoms with Crippen molar-refractivity contribution in [2.45, 2.75) is 23.9 Å². The molecule has 1 aromatic heterocycles. The first-order chi connectivity index (χ1) is 14.6. The number of hydrogen-bond donors (Lipinski definition) is 1. The summed E-state index contributed by atoms with van der Waals surface area (Å²) in [5, 5.41) is 9.29. The lowest BCUT2D eigenvalue weighted by atomic mass is 10.1. The smallest absolute Gasteiger partial charge is 0.417 e. The van der Waals surface area contributed by atoms with Crippen molar-refractivity contribution in [2.24, 2.45) is 5.92 Å². The highest BCUT2D eigenvalue weighted by atomic mass is 32.2. The van der Waals surface area contributed by atoms with Crippen LogP contribution in [-0.2, 0) is 33.8 Å². The summed E-state index contributed by atoms with van der Waals surface area (Å²) in [7, 11) is -3.82. The largest absolute Gasteiger partial charge is 0.481 e. The molecule has 1 aromatic carbocycles. The van der Waals surface area contributed by atoms with Crippen LogP contribution in [0.4, 0.5) is 19.0 Å². The van der Waals surface area contributed by atoms with Gasteiger partial charge in [-0.2, -0.15) is 17.5 Å². The lowest BCUT2D eigenvalue weighted by molar-refractivity contribution is -0.141. The van der Waals surface area contributed by atoms with Gasteiger partial charge < -0.3 is 10.0 Å². The topological polar surface area (TPSA) is 90.8 Å². The minimum atomic E-state index is -4.46. The molecule has 1 aliphatic carbocycles. The predicted octanol–water partition coefficient (Wildman–Crippen LogP) is 2.41. The Morgan fingerprint density at radius 1 is 1.06 bits per heavy atom. The van der Waals surface area contributed by atoms with E-state index in [1.165, 1.54) is 16.4 Å². The molecule has 1 atom stereocenters. The van der Waals surface area contributed by atoms with Gasteiger partial charge in [-0.05, 0) is 42.2 Å². The SMILES string of the molecule is O=C(O)[C@H]1Cc2cccc(S(=O)(=O)N3CCN(c4ccc(C(F)(F)F)cn4)CC3)c2C1. The van der Waals surface area contributed by atoms with Gasteiger partial charge in [0.2, 0.25) is 10.0 Å². The molecule has 2 heterocycles. The molecule has 2 aromatic rings. The number of sulfonamides is 1. The van der Waals surface area contributed by atoms with Gasteiger partial charge in [0.1, 0.15) is 5.82 Å². The average Bonchev–Trinajstić information content (AvgIpc) is 3.18. The van der Waals surface area contributed by atoms with Crippen LogP contribution in [0, 0.1) is 5.92 Å². The molecule has 7 nitrogen and oxygen atoms in total. The maximum absolute atomic E-state index is 13.2. The number of alkyl halides is 3. The molecular formula is C20H20F3N3O4S. The van der Waals surface area contributed by atoms with Crippen molar-refractivity contribution in [1.29, 1.82) is 0 Å². The van der Waals surface area contributed by atoms with E-state index in [2.05, 4.69) is 4.98 Å². The van der Waals surface area contributed by atoms with E-state index in [1.807, 2.05) is 0 Å². The van der Waals surface area contributed by atoms with Crippen LogP contribution in [0.3, 0.4) is 0 Å². The number of carboxylic acid groups (broad SMARTS) is 1. The first-order valence-corrected chi connectivity index (χ1v) is 11.1. The first kappa shape index (κ1) is 21.6. The van der Waals surface area contributed by atoms with E-state index in [-0.39, 0.29) is 37.5 Å². The van der Waals surface area contributed by atoms with Gasteiger partial charge in [0.15, 0.2) is 0 Å². The van der Waals surface area contributed by atoms with Crippen molar-refractivity contribution in [3.05, 3.63) is 53.2 Å². The molecule has 1 aliphatic heterocycles. The highest BCUT2D eigenvalue weighted by Gasteiger charge is 2.36. The van der Waals surface area contributed by atoms with Gasteiger partial charge in [-0.25, -0.2) is 13.4 Å². The zero-order chi connectivity index (χ0) is 22.4. The van der Waals surface area contributed by atoms with E-state index in [0.29, 0.717) is 17.8 Å². The third-order valence-electron chi connectivity index (χ3n) is 5.75. The maximum Gasteiger partial charge on any atom is 0.417 e. The number of carbonyl (C=O) groups is 1.